The first kappa shape index (κ1) is 15.8. The Morgan fingerprint density at radius 1 is 1.15 bits per heavy atom. The molecule has 1 amide bonds. The SMILES string of the molecule is NC1CCCC(CCC(=O)NC2CCS(=O)(=O)CC2)C1. The van der Waals surface area contributed by atoms with Gasteiger partial charge in [0.1, 0.15) is 9.84 Å². The van der Waals surface area contributed by atoms with E-state index in [-0.39, 0.29) is 23.5 Å². The molecule has 0 aromatic carbocycles. The van der Waals surface area contributed by atoms with Gasteiger partial charge in [-0.05, 0) is 38.0 Å². The fraction of sp³-hybridized carbons (Fsp3) is 0.929. The van der Waals surface area contributed by atoms with E-state index in [4.69, 9.17) is 5.73 Å². The van der Waals surface area contributed by atoms with E-state index in [2.05, 4.69) is 5.32 Å². The van der Waals surface area contributed by atoms with Crippen molar-refractivity contribution in [3.8, 4) is 0 Å². The second-order valence-corrected chi connectivity index (χ2v) is 8.63. The molecular weight excluding hydrogens is 276 g/mol. The summed E-state index contributed by atoms with van der Waals surface area (Å²) in [7, 11) is -2.85. The lowest BCUT2D eigenvalue weighted by Crippen LogP contribution is -2.41. The maximum atomic E-state index is 11.9. The van der Waals surface area contributed by atoms with E-state index in [0.717, 1.165) is 19.3 Å². The summed E-state index contributed by atoms with van der Waals surface area (Å²) >= 11 is 0. The molecule has 0 bridgehead atoms. The van der Waals surface area contributed by atoms with Crippen LogP contribution in [0.3, 0.4) is 0 Å². The van der Waals surface area contributed by atoms with Crippen LogP contribution in [0.15, 0.2) is 0 Å². The van der Waals surface area contributed by atoms with Gasteiger partial charge in [0, 0.05) is 18.5 Å². The third-order valence-corrected chi connectivity index (χ3v) is 6.24. The normalized spacial score (nSPS) is 30.9. The van der Waals surface area contributed by atoms with Crippen molar-refractivity contribution in [1.82, 2.24) is 5.32 Å². The van der Waals surface area contributed by atoms with Crippen LogP contribution in [-0.2, 0) is 14.6 Å². The highest BCUT2D eigenvalue weighted by Crippen LogP contribution is 2.26. The van der Waals surface area contributed by atoms with Crippen molar-refractivity contribution in [1.29, 1.82) is 0 Å². The molecule has 116 valence electrons. The highest BCUT2D eigenvalue weighted by atomic mass is 32.2. The van der Waals surface area contributed by atoms with E-state index in [1.54, 1.807) is 0 Å². The number of hydrogen-bond acceptors (Lipinski definition) is 4. The largest absolute Gasteiger partial charge is 0.353 e. The molecule has 1 aliphatic heterocycles. The molecule has 1 aliphatic carbocycles. The van der Waals surface area contributed by atoms with Crippen LogP contribution < -0.4 is 11.1 Å². The number of carbonyl (C=O) groups excluding carboxylic acids is 1. The van der Waals surface area contributed by atoms with E-state index in [1.807, 2.05) is 0 Å². The number of carbonyl (C=O) groups is 1. The van der Waals surface area contributed by atoms with Crippen LogP contribution in [0.4, 0.5) is 0 Å². The van der Waals surface area contributed by atoms with Crippen molar-refractivity contribution >= 4 is 15.7 Å². The van der Waals surface area contributed by atoms with Crippen LogP contribution in [0.25, 0.3) is 0 Å². The maximum absolute atomic E-state index is 11.9. The predicted molar refractivity (Wildman–Crippen MR) is 79.0 cm³/mol. The van der Waals surface area contributed by atoms with E-state index >= 15 is 0 Å². The molecule has 1 saturated heterocycles. The summed E-state index contributed by atoms with van der Waals surface area (Å²) in [4.78, 5) is 11.9. The van der Waals surface area contributed by atoms with Gasteiger partial charge in [-0.2, -0.15) is 0 Å². The second-order valence-electron chi connectivity index (χ2n) is 6.32. The minimum absolute atomic E-state index is 0.0413. The van der Waals surface area contributed by atoms with Gasteiger partial charge >= 0.3 is 0 Å². The Labute approximate surface area is 121 Å². The van der Waals surface area contributed by atoms with Gasteiger partial charge in [-0.3, -0.25) is 4.79 Å². The van der Waals surface area contributed by atoms with Crippen molar-refractivity contribution in [2.24, 2.45) is 11.7 Å². The van der Waals surface area contributed by atoms with Crippen molar-refractivity contribution in [3.63, 3.8) is 0 Å². The summed E-state index contributed by atoms with van der Waals surface area (Å²) < 4.78 is 22.6. The zero-order chi connectivity index (χ0) is 14.6. The lowest BCUT2D eigenvalue weighted by Gasteiger charge is -2.27. The van der Waals surface area contributed by atoms with Gasteiger partial charge in [0.05, 0.1) is 11.5 Å². The molecule has 0 radical (unpaired) electrons. The number of sulfone groups is 1. The summed E-state index contributed by atoms with van der Waals surface area (Å²) in [5, 5.41) is 2.97. The van der Waals surface area contributed by atoms with Crippen molar-refractivity contribution in [3.05, 3.63) is 0 Å². The Morgan fingerprint density at radius 3 is 2.50 bits per heavy atom. The third kappa shape index (κ3) is 5.05. The van der Waals surface area contributed by atoms with Crippen molar-refractivity contribution in [2.75, 3.05) is 11.5 Å². The van der Waals surface area contributed by atoms with Crippen LogP contribution >= 0.6 is 0 Å². The Bertz CT molecular complexity index is 422. The molecule has 1 saturated carbocycles. The average molecular weight is 302 g/mol. The molecule has 2 unspecified atom stereocenters. The van der Waals surface area contributed by atoms with Crippen LogP contribution in [0.5, 0.6) is 0 Å². The topological polar surface area (TPSA) is 89.3 Å². The van der Waals surface area contributed by atoms with E-state index in [9.17, 15) is 13.2 Å². The molecule has 2 rings (SSSR count). The molecule has 2 aliphatic rings. The zero-order valence-corrected chi connectivity index (χ0v) is 12.8. The van der Waals surface area contributed by atoms with E-state index in [1.165, 1.54) is 12.8 Å². The van der Waals surface area contributed by atoms with E-state index in [0.29, 0.717) is 31.2 Å². The van der Waals surface area contributed by atoms with Gasteiger partial charge in [-0.1, -0.05) is 12.8 Å². The van der Waals surface area contributed by atoms with Crippen LogP contribution in [0.2, 0.25) is 0 Å². The molecule has 6 heteroatoms. The first-order chi connectivity index (χ1) is 9.44. The smallest absolute Gasteiger partial charge is 0.220 e. The fourth-order valence-electron chi connectivity index (χ4n) is 3.26. The lowest BCUT2D eigenvalue weighted by atomic mass is 9.83. The molecule has 0 aromatic rings. The number of rotatable bonds is 4. The molecule has 0 spiro atoms. The lowest BCUT2D eigenvalue weighted by molar-refractivity contribution is -0.122. The first-order valence-electron chi connectivity index (χ1n) is 7.70. The standard InChI is InChI=1S/C14H26N2O3S/c15-12-3-1-2-11(10-12)4-5-14(17)16-13-6-8-20(18,19)9-7-13/h11-13H,1-10,15H2,(H,16,17). The van der Waals surface area contributed by atoms with Crippen molar-refractivity contribution < 1.29 is 13.2 Å². The molecule has 20 heavy (non-hydrogen) atoms. The van der Waals surface area contributed by atoms with Crippen LogP contribution in [0, 0.1) is 5.92 Å². The molecular formula is C14H26N2O3S. The summed E-state index contributed by atoms with van der Waals surface area (Å²) in [6.07, 6.45) is 7.07. The first-order valence-corrected chi connectivity index (χ1v) is 9.52. The number of amides is 1. The molecule has 0 aromatic heterocycles. The average Bonchev–Trinajstić information content (AvgIpc) is 2.39. The van der Waals surface area contributed by atoms with E-state index < -0.39 is 9.84 Å². The number of hydrogen-bond donors (Lipinski definition) is 2. The summed E-state index contributed by atoms with van der Waals surface area (Å²) in [5.41, 5.74) is 5.95. The Kier molecular flexibility index (Phi) is 5.43. The molecule has 2 atom stereocenters. The number of nitrogens with one attached hydrogen (secondary N) is 1. The zero-order valence-electron chi connectivity index (χ0n) is 12.0. The maximum Gasteiger partial charge on any atom is 0.220 e. The Hall–Kier alpha value is -0.620. The fourth-order valence-corrected chi connectivity index (χ4v) is 4.76. The minimum atomic E-state index is -2.85. The summed E-state index contributed by atoms with van der Waals surface area (Å²) in [5.74, 6) is 1.05. The van der Waals surface area contributed by atoms with Gasteiger partial charge < -0.3 is 11.1 Å². The highest BCUT2D eigenvalue weighted by Gasteiger charge is 2.25. The van der Waals surface area contributed by atoms with Crippen LogP contribution in [-0.4, -0.2) is 37.9 Å². The Morgan fingerprint density at radius 2 is 1.85 bits per heavy atom. The Balaban J connectivity index is 1.65. The monoisotopic (exact) mass is 302 g/mol. The van der Waals surface area contributed by atoms with Crippen LogP contribution in [0.1, 0.15) is 51.4 Å². The van der Waals surface area contributed by atoms with Gasteiger partial charge in [0.2, 0.25) is 5.91 Å². The van der Waals surface area contributed by atoms with Gasteiger partial charge in [-0.15, -0.1) is 0 Å². The van der Waals surface area contributed by atoms with Gasteiger partial charge in [0.15, 0.2) is 0 Å². The van der Waals surface area contributed by atoms with Crippen molar-refractivity contribution in [2.45, 2.75) is 63.5 Å². The highest BCUT2D eigenvalue weighted by molar-refractivity contribution is 7.91. The minimum Gasteiger partial charge on any atom is -0.353 e. The molecule has 5 nitrogen and oxygen atoms in total. The van der Waals surface area contributed by atoms with Gasteiger partial charge in [-0.25, -0.2) is 8.42 Å². The summed E-state index contributed by atoms with van der Waals surface area (Å²) in [6.45, 7) is 0. The van der Waals surface area contributed by atoms with Gasteiger partial charge in [0.25, 0.3) is 0 Å². The third-order valence-electron chi connectivity index (χ3n) is 4.52. The second kappa shape index (κ2) is 6.89. The quantitative estimate of drug-likeness (QED) is 0.810. The molecule has 2 fully saturated rings. The molecule has 1 heterocycles. The summed E-state index contributed by atoms with van der Waals surface area (Å²) in [6, 6.07) is 0.347. The predicted octanol–water partition coefficient (Wildman–Crippen LogP) is 0.977. The number of nitrogens with two attached hydrogens (primary N) is 1. The molecule has 3 N–H and O–H groups in total.